The number of hydrogen-bond donors (Lipinski definition) is 2. The fraction of sp³-hybridized carbons (Fsp3) is 0.500. The smallest absolute Gasteiger partial charge is 0.296 e. The maximum atomic E-state index is 5.40. The van der Waals surface area contributed by atoms with Crippen molar-refractivity contribution in [2.75, 3.05) is 17.6 Å². The van der Waals surface area contributed by atoms with E-state index in [9.17, 15) is 0 Å². The Hall–Kier alpha value is -1.19. The Morgan fingerprint density at radius 3 is 2.80 bits per heavy atom. The predicted octanol–water partition coefficient (Wildman–Crippen LogP) is 0.997. The summed E-state index contributed by atoms with van der Waals surface area (Å²) < 4.78 is 5.01. The van der Waals surface area contributed by atoms with Gasteiger partial charge in [-0.05, 0) is 13.8 Å². The van der Waals surface area contributed by atoms with Gasteiger partial charge in [0.25, 0.3) is 6.01 Å². The number of nitrogens with two attached hydrogens (primary N) is 1. The lowest BCUT2D eigenvalue weighted by Crippen LogP contribution is -1.95. The highest BCUT2D eigenvalue weighted by Gasteiger charge is 2.02. The van der Waals surface area contributed by atoms with Crippen LogP contribution in [-0.4, -0.2) is 11.5 Å². The van der Waals surface area contributed by atoms with Crippen LogP contribution in [0.15, 0.2) is 4.42 Å². The number of rotatable bonds is 2. The maximum absolute atomic E-state index is 5.40. The highest BCUT2D eigenvalue weighted by atomic mass is 16.4. The molecular weight excluding hydrogens is 130 g/mol. The molecule has 0 atom stereocenters. The minimum absolute atomic E-state index is 0.385. The number of anilines is 2. The molecule has 0 radical (unpaired) electrons. The molecule has 0 spiro atoms. The van der Waals surface area contributed by atoms with E-state index >= 15 is 0 Å². The van der Waals surface area contributed by atoms with Crippen molar-refractivity contribution in [1.29, 1.82) is 0 Å². The Morgan fingerprint density at radius 1 is 1.70 bits per heavy atom. The number of aromatic nitrogens is 1. The zero-order valence-corrected chi connectivity index (χ0v) is 6.14. The second kappa shape index (κ2) is 2.60. The highest BCUT2D eigenvalue weighted by Crippen LogP contribution is 2.14. The Bertz CT molecular complexity index is 199. The van der Waals surface area contributed by atoms with Gasteiger partial charge < -0.3 is 15.5 Å². The largest absolute Gasteiger partial charge is 0.407 e. The molecule has 1 aromatic rings. The molecule has 0 amide bonds. The average molecular weight is 141 g/mol. The first kappa shape index (κ1) is 6.92. The lowest BCUT2D eigenvalue weighted by Gasteiger charge is -1.91. The van der Waals surface area contributed by atoms with Crippen molar-refractivity contribution in [3.05, 3.63) is 5.69 Å². The van der Waals surface area contributed by atoms with Crippen LogP contribution in [0.3, 0.4) is 0 Å². The molecule has 1 rings (SSSR count). The standard InChI is InChI=1S/C6H11N3O/c1-3-8-6-9-4(2)5(7)10-6/h3,7H2,1-2H3,(H,8,9). The number of aryl methyl sites for hydroxylation is 1. The normalized spacial score (nSPS) is 9.80. The van der Waals surface area contributed by atoms with E-state index in [-0.39, 0.29) is 0 Å². The Balaban J connectivity index is 2.77. The monoisotopic (exact) mass is 141 g/mol. The Kier molecular flexibility index (Phi) is 1.80. The molecule has 0 aliphatic rings. The van der Waals surface area contributed by atoms with Gasteiger partial charge in [-0.1, -0.05) is 0 Å². The fourth-order valence-electron chi connectivity index (χ4n) is 0.635. The number of nitrogens with one attached hydrogen (secondary N) is 1. The van der Waals surface area contributed by atoms with Gasteiger partial charge in [0.1, 0.15) is 5.69 Å². The van der Waals surface area contributed by atoms with Crippen molar-refractivity contribution in [3.8, 4) is 0 Å². The van der Waals surface area contributed by atoms with Crippen LogP contribution >= 0.6 is 0 Å². The van der Waals surface area contributed by atoms with Crippen molar-refractivity contribution in [2.24, 2.45) is 0 Å². The molecule has 10 heavy (non-hydrogen) atoms. The molecule has 0 saturated heterocycles. The molecule has 1 heterocycles. The van der Waals surface area contributed by atoms with Crippen molar-refractivity contribution in [3.63, 3.8) is 0 Å². The van der Waals surface area contributed by atoms with Gasteiger partial charge in [-0.25, -0.2) is 0 Å². The van der Waals surface area contributed by atoms with E-state index in [0.717, 1.165) is 12.2 Å². The molecule has 0 saturated carbocycles. The van der Waals surface area contributed by atoms with Gasteiger partial charge in [-0.3, -0.25) is 0 Å². The Labute approximate surface area is 59.4 Å². The molecule has 0 aliphatic carbocycles. The number of nitrogens with zero attached hydrogens (tertiary/aromatic N) is 1. The molecular formula is C6H11N3O. The van der Waals surface area contributed by atoms with Crippen LogP contribution in [0.5, 0.6) is 0 Å². The van der Waals surface area contributed by atoms with Crippen molar-refractivity contribution >= 4 is 11.9 Å². The molecule has 3 N–H and O–H groups in total. The van der Waals surface area contributed by atoms with Crippen LogP contribution in [0, 0.1) is 6.92 Å². The van der Waals surface area contributed by atoms with Gasteiger partial charge in [0.05, 0.1) is 0 Å². The zero-order valence-electron chi connectivity index (χ0n) is 6.14. The van der Waals surface area contributed by atoms with Crippen LogP contribution in [0.25, 0.3) is 0 Å². The fourth-order valence-corrected chi connectivity index (χ4v) is 0.635. The van der Waals surface area contributed by atoms with E-state index in [4.69, 9.17) is 10.2 Å². The van der Waals surface area contributed by atoms with Crippen molar-refractivity contribution < 1.29 is 4.42 Å². The van der Waals surface area contributed by atoms with E-state index in [1.165, 1.54) is 0 Å². The predicted molar refractivity (Wildman–Crippen MR) is 39.8 cm³/mol. The molecule has 4 heteroatoms. The van der Waals surface area contributed by atoms with Crippen LogP contribution in [0.2, 0.25) is 0 Å². The third-order valence-corrected chi connectivity index (χ3v) is 1.16. The van der Waals surface area contributed by atoms with E-state index in [1.54, 1.807) is 6.92 Å². The molecule has 0 aliphatic heterocycles. The summed E-state index contributed by atoms with van der Waals surface area (Å²) in [7, 11) is 0. The second-order valence-electron chi connectivity index (χ2n) is 2.00. The minimum Gasteiger partial charge on any atom is -0.407 e. The lowest BCUT2D eigenvalue weighted by molar-refractivity contribution is 0.591. The maximum Gasteiger partial charge on any atom is 0.296 e. The van der Waals surface area contributed by atoms with Gasteiger partial charge >= 0.3 is 0 Å². The molecule has 0 fully saturated rings. The second-order valence-corrected chi connectivity index (χ2v) is 2.00. The summed E-state index contributed by atoms with van der Waals surface area (Å²) in [4.78, 5) is 4.00. The molecule has 0 unspecified atom stereocenters. The molecule has 4 nitrogen and oxygen atoms in total. The van der Waals surface area contributed by atoms with Gasteiger partial charge in [-0.15, -0.1) is 0 Å². The van der Waals surface area contributed by atoms with Crippen LogP contribution < -0.4 is 11.1 Å². The van der Waals surface area contributed by atoms with Gasteiger partial charge in [0.15, 0.2) is 0 Å². The summed E-state index contributed by atoms with van der Waals surface area (Å²) in [5.74, 6) is 0.385. The SMILES string of the molecule is CCNc1nc(C)c(N)o1. The third kappa shape index (κ3) is 1.21. The summed E-state index contributed by atoms with van der Waals surface area (Å²) >= 11 is 0. The van der Waals surface area contributed by atoms with E-state index in [0.29, 0.717) is 11.9 Å². The minimum atomic E-state index is 0.385. The van der Waals surface area contributed by atoms with Gasteiger partial charge in [0.2, 0.25) is 5.88 Å². The van der Waals surface area contributed by atoms with Crippen LogP contribution in [-0.2, 0) is 0 Å². The van der Waals surface area contributed by atoms with Gasteiger partial charge in [0, 0.05) is 6.54 Å². The summed E-state index contributed by atoms with van der Waals surface area (Å²) in [6.07, 6.45) is 0. The first-order valence-corrected chi connectivity index (χ1v) is 3.20. The molecule has 0 bridgehead atoms. The van der Waals surface area contributed by atoms with Crippen molar-refractivity contribution in [2.45, 2.75) is 13.8 Å². The first-order chi connectivity index (χ1) is 4.74. The zero-order chi connectivity index (χ0) is 7.56. The number of oxazole rings is 1. The number of hydrogen-bond acceptors (Lipinski definition) is 4. The Morgan fingerprint density at radius 2 is 2.40 bits per heavy atom. The average Bonchev–Trinajstić information content (AvgIpc) is 2.14. The lowest BCUT2D eigenvalue weighted by atomic mass is 10.5. The van der Waals surface area contributed by atoms with E-state index in [2.05, 4.69) is 10.3 Å². The van der Waals surface area contributed by atoms with Crippen molar-refractivity contribution in [1.82, 2.24) is 4.98 Å². The van der Waals surface area contributed by atoms with Crippen LogP contribution in [0.1, 0.15) is 12.6 Å². The molecule has 0 aromatic carbocycles. The van der Waals surface area contributed by atoms with Gasteiger partial charge in [-0.2, -0.15) is 4.98 Å². The van der Waals surface area contributed by atoms with Crippen LogP contribution in [0.4, 0.5) is 11.9 Å². The number of nitrogen functional groups attached to an aromatic ring is 1. The molecule has 56 valence electrons. The molecule has 1 aromatic heterocycles. The summed E-state index contributed by atoms with van der Waals surface area (Å²) in [5.41, 5.74) is 6.13. The summed E-state index contributed by atoms with van der Waals surface area (Å²) in [6, 6.07) is 0.498. The van der Waals surface area contributed by atoms with E-state index in [1.807, 2.05) is 6.92 Å². The quantitative estimate of drug-likeness (QED) is 0.644. The first-order valence-electron chi connectivity index (χ1n) is 3.20. The summed E-state index contributed by atoms with van der Waals surface area (Å²) in [6.45, 7) is 4.56. The van der Waals surface area contributed by atoms with E-state index < -0.39 is 0 Å². The third-order valence-electron chi connectivity index (χ3n) is 1.16. The summed E-state index contributed by atoms with van der Waals surface area (Å²) in [5, 5.41) is 2.91. The highest BCUT2D eigenvalue weighted by molar-refractivity contribution is 5.36. The topological polar surface area (TPSA) is 64.1 Å².